The van der Waals surface area contributed by atoms with Gasteiger partial charge in [0.15, 0.2) is 5.57 Å². The van der Waals surface area contributed by atoms with Crippen LogP contribution in [0.25, 0.3) is 0 Å². The lowest BCUT2D eigenvalue weighted by molar-refractivity contribution is -0.146. The van der Waals surface area contributed by atoms with Gasteiger partial charge >= 0.3 is 11.9 Å². The van der Waals surface area contributed by atoms with Crippen molar-refractivity contribution in [2.45, 2.75) is 20.8 Å². The number of nitrogens with zero attached hydrogens (tertiary/aromatic N) is 1. The highest BCUT2D eigenvalue weighted by Crippen LogP contribution is 2.15. The number of carbonyl (C=O) groups is 2. The molecule has 0 aliphatic carbocycles. The Morgan fingerprint density at radius 2 is 1.52 bits per heavy atom. The molecule has 0 unspecified atom stereocenters. The number of rotatable bonds is 6. The Balaban J connectivity index is 3.02. The molecule has 0 amide bonds. The van der Waals surface area contributed by atoms with E-state index in [1.165, 1.54) is 6.20 Å². The van der Waals surface area contributed by atoms with Crippen molar-refractivity contribution in [3.63, 3.8) is 0 Å². The van der Waals surface area contributed by atoms with Crippen LogP contribution in [0.5, 0.6) is 0 Å². The molecule has 0 aliphatic heterocycles. The van der Waals surface area contributed by atoms with Gasteiger partial charge in [-0.3, -0.25) is 0 Å². The van der Waals surface area contributed by atoms with Crippen molar-refractivity contribution in [2.24, 2.45) is 0 Å². The van der Waals surface area contributed by atoms with Gasteiger partial charge < -0.3 is 14.4 Å². The summed E-state index contributed by atoms with van der Waals surface area (Å²) in [4.78, 5) is 25.4. The van der Waals surface area contributed by atoms with Gasteiger partial charge in [0.1, 0.15) is 0 Å². The molecule has 5 heteroatoms. The van der Waals surface area contributed by atoms with Crippen LogP contribution in [0.15, 0.2) is 36.0 Å². The average Bonchev–Trinajstić information content (AvgIpc) is 2.45. The normalized spacial score (nSPS) is 9.71. The van der Waals surface area contributed by atoms with E-state index in [0.717, 1.165) is 11.3 Å². The molecule has 21 heavy (non-hydrogen) atoms. The largest absolute Gasteiger partial charge is 0.462 e. The molecular formula is C16H21NO4. The average molecular weight is 291 g/mol. The summed E-state index contributed by atoms with van der Waals surface area (Å²) >= 11 is 0. The van der Waals surface area contributed by atoms with Gasteiger partial charge in [0.25, 0.3) is 0 Å². The molecule has 0 N–H and O–H groups in total. The van der Waals surface area contributed by atoms with E-state index in [0.29, 0.717) is 0 Å². The Morgan fingerprint density at radius 3 is 1.95 bits per heavy atom. The van der Waals surface area contributed by atoms with E-state index < -0.39 is 11.9 Å². The van der Waals surface area contributed by atoms with Crippen LogP contribution in [0.2, 0.25) is 0 Å². The molecule has 0 atom stereocenters. The summed E-state index contributed by atoms with van der Waals surface area (Å²) in [7, 11) is 1.75. The van der Waals surface area contributed by atoms with Crippen LogP contribution in [0.1, 0.15) is 19.4 Å². The fourth-order valence-electron chi connectivity index (χ4n) is 1.65. The third kappa shape index (κ3) is 4.95. The van der Waals surface area contributed by atoms with Crippen LogP contribution in [-0.4, -0.2) is 32.2 Å². The predicted octanol–water partition coefficient (Wildman–Crippen LogP) is 2.44. The summed E-state index contributed by atoms with van der Waals surface area (Å²) < 4.78 is 9.79. The molecule has 0 saturated heterocycles. The maximum Gasteiger partial charge on any atom is 0.347 e. The van der Waals surface area contributed by atoms with Crippen molar-refractivity contribution in [3.05, 3.63) is 41.6 Å². The van der Waals surface area contributed by atoms with Crippen molar-refractivity contribution in [2.75, 3.05) is 25.2 Å². The zero-order valence-corrected chi connectivity index (χ0v) is 12.9. The number of benzene rings is 1. The molecule has 1 aromatic carbocycles. The van der Waals surface area contributed by atoms with Crippen molar-refractivity contribution >= 4 is 17.6 Å². The van der Waals surface area contributed by atoms with E-state index in [2.05, 4.69) is 0 Å². The number of aryl methyl sites for hydroxylation is 1. The molecule has 0 spiro atoms. The van der Waals surface area contributed by atoms with E-state index in [4.69, 9.17) is 9.47 Å². The molecule has 5 nitrogen and oxygen atoms in total. The Labute approximate surface area is 125 Å². The first kappa shape index (κ1) is 16.8. The number of ether oxygens (including phenoxy) is 2. The standard InChI is InChI=1S/C16H21NO4/c1-5-20-15(18)14(16(19)21-6-2)11-17(4)13-9-7-12(3)8-10-13/h7-11H,5-6H2,1-4H3. The van der Waals surface area contributed by atoms with E-state index in [1.807, 2.05) is 31.2 Å². The minimum Gasteiger partial charge on any atom is -0.462 e. The molecule has 0 aliphatic rings. The van der Waals surface area contributed by atoms with Crippen LogP contribution in [-0.2, 0) is 19.1 Å². The number of hydrogen-bond acceptors (Lipinski definition) is 5. The molecule has 1 aromatic rings. The lowest BCUT2D eigenvalue weighted by Gasteiger charge is -2.16. The number of carbonyl (C=O) groups excluding carboxylic acids is 2. The second-order valence-corrected chi connectivity index (χ2v) is 4.43. The van der Waals surface area contributed by atoms with Gasteiger partial charge in [0.05, 0.1) is 13.2 Å². The minimum absolute atomic E-state index is 0.123. The summed E-state index contributed by atoms with van der Waals surface area (Å²) in [6.07, 6.45) is 1.43. The highest BCUT2D eigenvalue weighted by atomic mass is 16.6. The fourth-order valence-corrected chi connectivity index (χ4v) is 1.65. The van der Waals surface area contributed by atoms with Crippen LogP contribution in [0.4, 0.5) is 5.69 Å². The van der Waals surface area contributed by atoms with Crippen molar-refractivity contribution < 1.29 is 19.1 Å². The first-order valence-electron chi connectivity index (χ1n) is 6.85. The SMILES string of the molecule is CCOC(=O)C(=CN(C)c1ccc(C)cc1)C(=O)OCC. The maximum absolute atomic E-state index is 11.9. The second-order valence-electron chi connectivity index (χ2n) is 4.43. The highest BCUT2D eigenvalue weighted by molar-refractivity contribution is 6.14. The second kappa shape index (κ2) is 8.09. The lowest BCUT2D eigenvalue weighted by atomic mass is 10.2. The first-order valence-corrected chi connectivity index (χ1v) is 6.85. The van der Waals surface area contributed by atoms with E-state index in [9.17, 15) is 9.59 Å². The molecule has 0 saturated carbocycles. The lowest BCUT2D eigenvalue weighted by Crippen LogP contribution is -2.22. The van der Waals surface area contributed by atoms with Crippen molar-refractivity contribution in [1.82, 2.24) is 0 Å². The Kier molecular flexibility index (Phi) is 6.46. The summed E-state index contributed by atoms with van der Waals surface area (Å²) in [5.41, 5.74) is 1.86. The van der Waals surface area contributed by atoms with Crippen LogP contribution < -0.4 is 4.90 Å². The number of anilines is 1. The first-order chi connectivity index (χ1) is 9.99. The Morgan fingerprint density at radius 1 is 1.05 bits per heavy atom. The molecule has 0 radical (unpaired) electrons. The van der Waals surface area contributed by atoms with E-state index in [-0.39, 0.29) is 18.8 Å². The predicted molar refractivity (Wildman–Crippen MR) is 80.9 cm³/mol. The van der Waals surface area contributed by atoms with E-state index in [1.54, 1.807) is 25.8 Å². The number of hydrogen-bond donors (Lipinski definition) is 0. The summed E-state index contributed by atoms with van der Waals surface area (Å²) in [5.74, 6) is -1.37. The van der Waals surface area contributed by atoms with Crippen LogP contribution >= 0.6 is 0 Å². The minimum atomic E-state index is -0.685. The maximum atomic E-state index is 11.9. The zero-order valence-electron chi connectivity index (χ0n) is 12.9. The summed E-state index contributed by atoms with van der Waals surface area (Å²) in [5, 5.41) is 0. The number of esters is 2. The van der Waals surface area contributed by atoms with Crippen molar-refractivity contribution in [3.8, 4) is 0 Å². The molecular weight excluding hydrogens is 270 g/mol. The van der Waals surface area contributed by atoms with E-state index >= 15 is 0 Å². The molecule has 1 rings (SSSR count). The van der Waals surface area contributed by atoms with Crippen LogP contribution in [0.3, 0.4) is 0 Å². The third-order valence-corrected chi connectivity index (χ3v) is 2.75. The van der Waals surface area contributed by atoms with Gasteiger partial charge in [0, 0.05) is 18.9 Å². The Hall–Kier alpha value is -2.30. The molecule has 0 aromatic heterocycles. The van der Waals surface area contributed by atoms with Crippen molar-refractivity contribution in [1.29, 1.82) is 0 Å². The molecule has 0 bridgehead atoms. The quantitative estimate of drug-likeness (QED) is 0.349. The molecule has 114 valence electrons. The summed E-state index contributed by atoms with van der Waals surface area (Å²) in [6.45, 7) is 5.75. The van der Waals surface area contributed by atoms with Gasteiger partial charge in [-0.2, -0.15) is 0 Å². The van der Waals surface area contributed by atoms with Gasteiger partial charge in [-0.15, -0.1) is 0 Å². The van der Waals surface area contributed by atoms with Gasteiger partial charge in [-0.05, 0) is 32.9 Å². The van der Waals surface area contributed by atoms with Gasteiger partial charge in [-0.1, -0.05) is 17.7 Å². The topological polar surface area (TPSA) is 55.8 Å². The summed E-state index contributed by atoms with van der Waals surface area (Å²) in [6, 6.07) is 7.71. The smallest absolute Gasteiger partial charge is 0.347 e. The van der Waals surface area contributed by atoms with Gasteiger partial charge in [0.2, 0.25) is 0 Å². The third-order valence-electron chi connectivity index (χ3n) is 2.75. The van der Waals surface area contributed by atoms with Crippen LogP contribution in [0, 0.1) is 6.92 Å². The van der Waals surface area contributed by atoms with Gasteiger partial charge in [-0.25, -0.2) is 9.59 Å². The Bertz CT molecular complexity index is 500. The zero-order chi connectivity index (χ0) is 15.8. The molecule has 0 fully saturated rings. The fraction of sp³-hybridized carbons (Fsp3) is 0.375. The highest BCUT2D eigenvalue weighted by Gasteiger charge is 2.21. The molecule has 0 heterocycles. The monoisotopic (exact) mass is 291 g/mol.